The van der Waals surface area contributed by atoms with Crippen molar-refractivity contribution in [2.75, 3.05) is 12.3 Å². The van der Waals surface area contributed by atoms with E-state index in [9.17, 15) is 29.1 Å². The number of nitrogen functional groups attached to an aromatic ring is 1. The van der Waals surface area contributed by atoms with Gasteiger partial charge in [0.1, 0.15) is 48.9 Å². The standard InChI is InChI=1S/C17H17F2N5O6/c18-16(19)3-8(4-16)29-15(27)28-5-10-12(25)13(26)17(6-20,30-10)11-2-1-9-14(21)22-7-23-24(9)11/h1-2,7-8,10,12-13,25-26H,3-5H2,(H2,21,22,23)/t10-,12-,13-,17+/m1/s1. The van der Waals surface area contributed by atoms with Gasteiger partial charge in [-0.25, -0.2) is 23.1 Å². The molecule has 0 bridgehead atoms. The number of nitrogens with two attached hydrogens (primary N) is 1. The number of nitriles is 1. The molecule has 160 valence electrons. The van der Waals surface area contributed by atoms with E-state index < -0.39 is 61.5 Å². The highest BCUT2D eigenvalue weighted by atomic mass is 19.3. The van der Waals surface area contributed by atoms with E-state index in [1.165, 1.54) is 16.6 Å². The lowest BCUT2D eigenvalue weighted by molar-refractivity contribution is -0.155. The summed E-state index contributed by atoms with van der Waals surface area (Å²) in [5, 5.41) is 34.7. The number of carbonyl (C=O) groups is 1. The van der Waals surface area contributed by atoms with Crippen LogP contribution >= 0.6 is 0 Å². The van der Waals surface area contributed by atoms with Crippen molar-refractivity contribution in [2.24, 2.45) is 0 Å². The summed E-state index contributed by atoms with van der Waals surface area (Å²) >= 11 is 0. The molecule has 2 fully saturated rings. The molecule has 0 spiro atoms. The molecule has 4 atom stereocenters. The molecule has 0 amide bonds. The summed E-state index contributed by atoms with van der Waals surface area (Å²) in [4.78, 5) is 15.5. The van der Waals surface area contributed by atoms with Crippen molar-refractivity contribution in [1.82, 2.24) is 14.6 Å². The lowest BCUT2D eigenvalue weighted by Gasteiger charge is -2.33. The molecule has 0 aromatic carbocycles. The van der Waals surface area contributed by atoms with Crippen LogP contribution in [0.5, 0.6) is 0 Å². The lowest BCUT2D eigenvalue weighted by Crippen LogP contribution is -2.43. The molecule has 2 aromatic rings. The maximum Gasteiger partial charge on any atom is 0.508 e. The van der Waals surface area contributed by atoms with E-state index in [0.29, 0.717) is 5.52 Å². The Labute approximate surface area is 167 Å². The van der Waals surface area contributed by atoms with Crippen LogP contribution in [0.1, 0.15) is 18.5 Å². The largest absolute Gasteiger partial charge is 0.508 e. The Morgan fingerprint density at radius 2 is 2.17 bits per heavy atom. The number of nitrogens with zero attached hydrogens (tertiary/aromatic N) is 4. The average molecular weight is 425 g/mol. The monoisotopic (exact) mass is 425 g/mol. The van der Waals surface area contributed by atoms with Gasteiger partial charge in [0.2, 0.25) is 5.60 Å². The highest BCUT2D eigenvalue weighted by Gasteiger charge is 2.58. The minimum absolute atomic E-state index is 0.0856. The molecule has 1 aliphatic heterocycles. The van der Waals surface area contributed by atoms with Crippen LogP contribution in [0.25, 0.3) is 5.52 Å². The molecule has 2 aliphatic rings. The third kappa shape index (κ3) is 3.18. The molecular formula is C17H17F2N5O6. The van der Waals surface area contributed by atoms with Crippen molar-refractivity contribution >= 4 is 17.5 Å². The summed E-state index contributed by atoms with van der Waals surface area (Å²) in [5.74, 6) is -2.74. The SMILES string of the molecule is N#C[C@@]1(c2ccc3c(N)ncnn23)O[C@H](COC(=O)OC2CC(F)(F)C2)[C@@H](O)[C@H]1O. The van der Waals surface area contributed by atoms with E-state index >= 15 is 0 Å². The molecule has 1 saturated carbocycles. The number of aliphatic hydroxyl groups is 2. The molecule has 13 heteroatoms. The minimum atomic E-state index is -2.86. The Kier molecular flexibility index (Phi) is 4.72. The third-order valence-corrected chi connectivity index (χ3v) is 5.17. The molecular weight excluding hydrogens is 408 g/mol. The number of aliphatic hydroxyl groups excluding tert-OH is 2. The fourth-order valence-corrected chi connectivity index (χ4v) is 3.56. The van der Waals surface area contributed by atoms with E-state index in [1.807, 2.05) is 6.07 Å². The predicted octanol–water partition coefficient (Wildman–Crippen LogP) is 0.102. The number of aromatic nitrogens is 3. The van der Waals surface area contributed by atoms with Gasteiger partial charge in [-0.1, -0.05) is 0 Å². The van der Waals surface area contributed by atoms with Gasteiger partial charge in [-0.05, 0) is 12.1 Å². The first kappa shape index (κ1) is 20.2. The molecule has 4 rings (SSSR count). The first-order chi connectivity index (χ1) is 14.2. The number of fused-ring (bicyclic) bond motifs is 1. The van der Waals surface area contributed by atoms with E-state index in [2.05, 4.69) is 10.1 Å². The maximum absolute atomic E-state index is 12.8. The summed E-state index contributed by atoms with van der Waals surface area (Å²) in [7, 11) is 0. The number of carbonyl (C=O) groups excluding carboxylic acids is 1. The zero-order valence-corrected chi connectivity index (χ0v) is 15.3. The first-order valence-electron chi connectivity index (χ1n) is 8.92. The topological polar surface area (TPSA) is 165 Å². The van der Waals surface area contributed by atoms with Gasteiger partial charge >= 0.3 is 6.16 Å². The zero-order chi connectivity index (χ0) is 21.7. The zero-order valence-electron chi connectivity index (χ0n) is 15.3. The Hall–Kier alpha value is -3.08. The Morgan fingerprint density at radius 3 is 2.83 bits per heavy atom. The van der Waals surface area contributed by atoms with Crippen LogP contribution in [0.15, 0.2) is 18.5 Å². The third-order valence-electron chi connectivity index (χ3n) is 5.17. The predicted molar refractivity (Wildman–Crippen MR) is 92.0 cm³/mol. The normalized spacial score (nSPS) is 30.6. The fourth-order valence-electron chi connectivity index (χ4n) is 3.56. The Bertz CT molecular complexity index is 1020. The molecule has 30 heavy (non-hydrogen) atoms. The summed E-state index contributed by atoms with van der Waals surface area (Å²) in [5.41, 5.74) is 4.17. The van der Waals surface area contributed by atoms with Gasteiger partial charge in [0, 0.05) is 12.8 Å². The molecule has 1 saturated heterocycles. The van der Waals surface area contributed by atoms with Gasteiger partial charge in [-0.15, -0.1) is 0 Å². The van der Waals surface area contributed by atoms with E-state index in [0.717, 1.165) is 6.33 Å². The van der Waals surface area contributed by atoms with Crippen LogP contribution in [0.4, 0.5) is 19.4 Å². The molecule has 0 radical (unpaired) electrons. The maximum atomic E-state index is 12.8. The second-order valence-corrected chi connectivity index (χ2v) is 7.17. The van der Waals surface area contributed by atoms with Crippen molar-refractivity contribution in [3.63, 3.8) is 0 Å². The van der Waals surface area contributed by atoms with Gasteiger partial charge in [0.15, 0.2) is 5.82 Å². The van der Waals surface area contributed by atoms with E-state index in [4.69, 9.17) is 19.9 Å². The van der Waals surface area contributed by atoms with Crippen molar-refractivity contribution in [3.05, 3.63) is 24.2 Å². The van der Waals surface area contributed by atoms with Crippen LogP contribution in [0.3, 0.4) is 0 Å². The summed E-state index contributed by atoms with van der Waals surface area (Å²) in [6, 6.07) is 4.79. The Balaban J connectivity index is 1.48. The number of anilines is 1. The highest BCUT2D eigenvalue weighted by Crippen LogP contribution is 2.41. The van der Waals surface area contributed by atoms with Crippen molar-refractivity contribution < 1.29 is 38.0 Å². The highest BCUT2D eigenvalue weighted by molar-refractivity contribution is 5.66. The quantitative estimate of drug-likeness (QED) is 0.572. The minimum Gasteiger partial charge on any atom is -0.431 e. The first-order valence-corrected chi connectivity index (χ1v) is 8.92. The van der Waals surface area contributed by atoms with Crippen molar-refractivity contribution in [2.45, 2.75) is 48.8 Å². The van der Waals surface area contributed by atoms with Gasteiger partial charge in [0.25, 0.3) is 5.92 Å². The summed E-state index contributed by atoms with van der Waals surface area (Å²) in [6.07, 6.45) is -6.82. The molecule has 2 aromatic heterocycles. The van der Waals surface area contributed by atoms with E-state index in [-0.39, 0.29) is 11.5 Å². The number of alkyl halides is 2. The number of rotatable bonds is 4. The molecule has 3 heterocycles. The smallest absolute Gasteiger partial charge is 0.431 e. The fraction of sp³-hybridized carbons (Fsp3) is 0.529. The van der Waals surface area contributed by atoms with E-state index in [1.54, 1.807) is 0 Å². The molecule has 1 aliphatic carbocycles. The van der Waals surface area contributed by atoms with Crippen LogP contribution in [-0.2, 0) is 19.8 Å². The molecule has 4 N–H and O–H groups in total. The Morgan fingerprint density at radius 1 is 1.43 bits per heavy atom. The molecule has 11 nitrogen and oxygen atoms in total. The van der Waals surface area contributed by atoms with Crippen LogP contribution in [-0.4, -0.2) is 67.9 Å². The van der Waals surface area contributed by atoms with Gasteiger partial charge in [0.05, 0.1) is 5.69 Å². The lowest BCUT2D eigenvalue weighted by atomic mass is 9.91. The average Bonchev–Trinajstić information content (AvgIpc) is 3.21. The van der Waals surface area contributed by atoms with Crippen LogP contribution in [0, 0.1) is 11.3 Å². The number of hydrogen-bond acceptors (Lipinski definition) is 10. The van der Waals surface area contributed by atoms with Crippen LogP contribution in [0.2, 0.25) is 0 Å². The second-order valence-electron chi connectivity index (χ2n) is 7.17. The van der Waals surface area contributed by atoms with Crippen molar-refractivity contribution in [3.8, 4) is 6.07 Å². The van der Waals surface area contributed by atoms with Crippen LogP contribution < -0.4 is 5.73 Å². The van der Waals surface area contributed by atoms with Gasteiger partial charge in [-0.2, -0.15) is 10.4 Å². The second kappa shape index (κ2) is 7.01. The summed E-state index contributed by atoms with van der Waals surface area (Å²) < 4.78 is 42.0. The van der Waals surface area contributed by atoms with Gasteiger partial charge < -0.3 is 30.2 Å². The van der Waals surface area contributed by atoms with Gasteiger partial charge in [-0.3, -0.25) is 0 Å². The number of hydrogen-bond donors (Lipinski definition) is 3. The van der Waals surface area contributed by atoms with Crippen molar-refractivity contribution in [1.29, 1.82) is 5.26 Å². The number of halogens is 2. The summed E-state index contributed by atoms with van der Waals surface area (Å²) in [6.45, 7) is -0.579. The molecule has 0 unspecified atom stereocenters. The number of ether oxygens (including phenoxy) is 3.